The van der Waals surface area contributed by atoms with Crippen molar-refractivity contribution in [1.82, 2.24) is 4.98 Å². The SMILES string of the molecule is CCOC(=O)CCN(C)c1ncc(C#N)cc1[N+](=O)[O-]. The molecule has 0 fully saturated rings. The quantitative estimate of drug-likeness (QED) is 0.437. The number of ether oxygens (including phenoxy) is 1. The van der Waals surface area contributed by atoms with E-state index in [0.717, 1.165) is 6.07 Å². The number of hydrogen-bond donors (Lipinski definition) is 0. The molecule has 8 heteroatoms. The maximum Gasteiger partial charge on any atom is 0.312 e. The first-order chi connectivity index (χ1) is 9.49. The first kappa shape index (κ1) is 15.4. The molecule has 0 bridgehead atoms. The van der Waals surface area contributed by atoms with E-state index in [1.165, 1.54) is 11.1 Å². The van der Waals surface area contributed by atoms with E-state index in [0.29, 0.717) is 0 Å². The topological polar surface area (TPSA) is 109 Å². The molecule has 0 aromatic carbocycles. The summed E-state index contributed by atoms with van der Waals surface area (Å²) < 4.78 is 4.78. The van der Waals surface area contributed by atoms with E-state index in [1.807, 2.05) is 0 Å². The number of carbonyl (C=O) groups excluding carboxylic acids is 1. The first-order valence-electron chi connectivity index (χ1n) is 5.90. The minimum atomic E-state index is -0.607. The van der Waals surface area contributed by atoms with E-state index in [9.17, 15) is 14.9 Å². The van der Waals surface area contributed by atoms with Crippen LogP contribution in [0.25, 0.3) is 0 Å². The van der Waals surface area contributed by atoms with Crippen molar-refractivity contribution in [2.24, 2.45) is 0 Å². The van der Waals surface area contributed by atoms with Crippen LogP contribution in [-0.4, -0.2) is 36.1 Å². The zero-order valence-corrected chi connectivity index (χ0v) is 11.2. The zero-order chi connectivity index (χ0) is 15.1. The average Bonchev–Trinajstić information content (AvgIpc) is 2.44. The van der Waals surface area contributed by atoms with E-state index in [2.05, 4.69) is 4.98 Å². The number of aromatic nitrogens is 1. The number of nitriles is 1. The van der Waals surface area contributed by atoms with E-state index in [-0.39, 0.29) is 42.6 Å². The maximum absolute atomic E-state index is 11.3. The van der Waals surface area contributed by atoms with Gasteiger partial charge in [-0.3, -0.25) is 14.9 Å². The van der Waals surface area contributed by atoms with Crippen LogP contribution in [0.2, 0.25) is 0 Å². The number of pyridine rings is 1. The van der Waals surface area contributed by atoms with E-state index in [4.69, 9.17) is 10.00 Å². The number of anilines is 1. The van der Waals surface area contributed by atoms with E-state index < -0.39 is 4.92 Å². The molecule has 0 saturated carbocycles. The summed E-state index contributed by atoms with van der Waals surface area (Å²) in [7, 11) is 1.58. The van der Waals surface area contributed by atoms with Crippen molar-refractivity contribution in [3.05, 3.63) is 27.9 Å². The highest BCUT2D eigenvalue weighted by atomic mass is 16.6. The molecule has 106 valence electrons. The molecular formula is C12H14N4O4. The third-order valence-electron chi connectivity index (χ3n) is 2.49. The molecule has 1 aromatic heterocycles. The molecule has 0 atom stereocenters. The van der Waals surface area contributed by atoms with Gasteiger partial charge in [0.1, 0.15) is 6.07 Å². The normalized spacial score (nSPS) is 9.65. The van der Waals surface area contributed by atoms with Crippen molar-refractivity contribution in [2.45, 2.75) is 13.3 Å². The average molecular weight is 278 g/mol. The number of nitro groups is 1. The molecule has 1 aromatic rings. The van der Waals surface area contributed by atoms with Crippen molar-refractivity contribution >= 4 is 17.5 Å². The van der Waals surface area contributed by atoms with Crippen LogP contribution in [0.4, 0.5) is 11.5 Å². The van der Waals surface area contributed by atoms with Gasteiger partial charge >= 0.3 is 11.7 Å². The molecule has 0 spiro atoms. The molecule has 0 amide bonds. The van der Waals surface area contributed by atoms with Gasteiger partial charge in [-0.05, 0) is 6.92 Å². The Morgan fingerprint density at radius 3 is 2.90 bits per heavy atom. The Bertz CT molecular complexity index is 553. The van der Waals surface area contributed by atoms with Crippen LogP contribution in [0.5, 0.6) is 0 Å². The van der Waals surface area contributed by atoms with Gasteiger partial charge in [-0.2, -0.15) is 5.26 Å². The highest BCUT2D eigenvalue weighted by molar-refractivity contribution is 5.70. The fraction of sp³-hybridized carbons (Fsp3) is 0.417. The van der Waals surface area contributed by atoms with Crippen molar-refractivity contribution in [3.63, 3.8) is 0 Å². The van der Waals surface area contributed by atoms with E-state index >= 15 is 0 Å². The van der Waals surface area contributed by atoms with Crippen LogP contribution in [-0.2, 0) is 9.53 Å². The highest BCUT2D eigenvalue weighted by Crippen LogP contribution is 2.25. The molecule has 8 nitrogen and oxygen atoms in total. The molecule has 1 rings (SSSR count). The van der Waals surface area contributed by atoms with Gasteiger partial charge in [-0.1, -0.05) is 0 Å². The van der Waals surface area contributed by atoms with Crippen molar-refractivity contribution in [3.8, 4) is 6.07 Å². The second kappa shape index (κ2) is 7.04. The summed E-state index contributed by atoms with van der Waals surface area (Å²) in [5.41, 5.74) is -0.158. The lowest BCUT2D eigenvalue weighted by Gasteiger charge is -2.17. The van der Waals surface area contributed by atoms with E-state index in [1.54, 1.807) is 20.0 Å². The summed E-state index contributed by atoms with van der Waals surface area (Å²) >= 11 is 0. The summed E-state index contributed by atoms with van der Waals surface area (Å²) in [5.74, 6) is -0.269. The Morgan fingerprint density at radius 2 is 2.35 bits per heavy atom. The molecule has 0 radical (unpaired) electrons. The first-order valence-corrected chi connectivity index (χ1v) is 5.90. The molecular weight excluding hydrogens is 264 g/mol. The van der Waals surface area contributed by atoms with Crippen LogP contribution in [0, 0.1) is 21.4 Å². The van der Waals surface area contributed by atoms with Crippen LogP contribution >= 0.6 is 0 Å². The highest BCUT2D eigenvalue weighted by Gasteiger charge is 2.20. The largest absolute Gasteiger partial charge is 0.466 e. The van der Waals surface area contributed by atoms with Gasteiger partial charge in [0.2, 0.25) is 5.82 Å². The van der Waals surface area contributed by atoms with Crippen molar-refractivity contribution < 1.29 is 14.5 Å². The van der Waals surface area contributed by atoms with Crippen molar-refractivity contribution in [1.29, 1.82) is 5.26 Å². The molecule has 0 unspecified atom stereocenters. The maximum atomic E-state index is 11.3. The molecule has 0 aliphatic heterocycles. The van der Waals surface area contributed by atoms with Gasteiger partial charge in [-0.15, -0.1) is 0 Å². The Kier molecular flexibility index (Phi) is 5.41. The standard InChI is InChI=1S/C12H14N4O4/c1-3-20-11(17)4-5-15(2)12-10(16(18)19)6-9(7-13)8-14-12/h6,8H,3-5H2,1-2H3. The fourth-order valence-corrected chi connectivity index (χ4v) is 1.53. The number of rotatable bonds is 6. The molecule has 0 saturated heterocycles. The van der Waals surface area contributed by atoms with Gasteiger partial charge in [0, 0.05) is 25.9 Å². The van der Waals surface area contributed by atoms with Gasteiger partial charge in [0.25, 0.3) is 0 Å². The van der Waals surface area contributed by atoms with Gasteiger partial charge in [0.05, 0.1) is 23.5 Å². The Hall–Kier alpha value is -2.69. The lowest BCUT2D eigenvalue weighted by Crippen LogP contribution is -2.23. The van der Waals surface area contributed by atoms with Crippen molar-refractivity contribution in [2.75, 3.05) is 25.1 Å². The van der Waals surface area contributed by atoms with Gasteiger partial charge in [0.15, 0.2) is 0 Å². The fourth-order valence-electron chi connectivity index (χ4n) is 1.53. The van der Waals surface area contributed by atoms with Gasteiger partial charge < -0.3 is 9.64 Å². The van der Waals surface area contributed by atoms with Crippen LogP contribution in [0.1, 0.15) is 18.9 Å². The number of nitrogens with zero attached hydrogens (tertiary/aromatic N) is 4. The Balaban J connectivity index is 2.87. The summed E-state index contributed by atoms with van der Waals surface area (Å²) in [6, 6.07) is 2.95. The summed E-state index contributed by atoms with van der Waals surface area (Å²) in [6.45, 7) is 2.23. The predicted octanol–water partition coefficient (Wildman–Crippen LogP) is 1.25. The number of hydrogen-bond acceptors (Lipinski definition) is 7. The molecule has 0 aliphatic rings. The lowest BCUT2D eigenvalue weighted by atomic mass is 10.2. The second-order valence-corrected chi connectivity index (χ2v) is 3.91. The number of carbonyl (C=O) groups is 1. The smallest absolute Gasteiger partial charge is 0.312 e. The third kappa shape index (κ3) is 3.91. The summed E-state index contributed by atoms with van der Waals surface area (Å²) in [4.78, 5) is 27.0. The van der Waals surface area contributed by atoms with Crippen LogP contribution in [0.3, 0.4) is 0 Å². The summed E-state index contributed by atoms with van der Waals surface area (Å²) in [6.07, 6.45) is 1.35. The lowest BCUT2D eigenvalue weighted by molar-refractivity contribution is -0.384. The van der Waals surface area contributed by atoms with Crippen LogP contribution in [0.15, 0.2) is 12.3 Å². The molecule has 20 heavy (non-hydrogen) atoms. The van der Waals surface area contributed by atoms with Gasteiger partial charge in [-0.25, -0.2) is 4.98 Å². The predicted molar refractivity (Wildman–Crippen MR) is 70.1 cm³/mol. The molecule has 1 heterocycles. The Morgan fingerprint density at radius 1 is 1.65 bits per heavy atom. The molecule has 0 aliphatic carbocycles. The number of esters is 1. The zero-order valence-electron chi connectivity index (χ0n) is 11.2. The monoisotopic (exact) mass is 278 g/mol. The minimum absolute atomic E-state index is 0.100. The molecule has 0 N–H and O–H groups in total. The third-order valence-corrected chi connectivity index (χ3v) is 2.49. The minimum Gasteiger partial charge on any atom is -0.466 e. The van der Waals surface area contributed by atoms with Crippen LogP contribution < -0.4 is 4.90 Å². The summed E-state index contributed by atoms with van der Waals surface area (Å²) in [5, 5.41) is 19.7. The second-order valence-electron chi connectivity index (χ2n) is 3.91. The Labute approximate surface area is 115 Å².